The fourth-order valence-corrected chi connectivity index (χ4v) is 1.78. The zero-order valence-electron chi connectivity index (χ0n) is 10.7. The van der Waals surface area contributed by atoms with Crippen LogP contribution in [0, 0.1) is 0 Å². The molecule has 19 heavy (non-hydrogen) atoms. The van der Waals surface area contributed by atoms with Crippen molar-refractivity contribution in [2.45, 2.75) is 31.5 Å². The van der Waals surface area contributed by atoms with Crippen molar-refractivity contribution in [3.63, 3.8) is 0 Å². The Kier molecular flexibility index (Phi) is 6.92. The first-order chi connectivity index (χ1) is 9.19. The van der Waals surface area contributed by atoms with Crippen LogP contribution in [-0.4, -0.2) is 34.6 Å². The van der Waals surface area contributed by atoms with E-state index in [-0.39, 0.29) is 19.6 Å². The molecule has 1 aromatic rings. The van der Waals surface area contributed by atoms with Crippen LogP contribution >= 0.6 is 0 Å². The minimum Gasteiger partial charge on any atom is -0.396 e. The minimum atomic E-state index is -0.985. The van der Waals surface area contributed by atoms with E-state index in [4.69, 9.17) is 10.6 Å². The van der Waals surface area contributed by atoms with Crippen molar-refractivity contribution in [3.05, 3.63) is 45.8 Å². The van der Waals surface area contributed by atoms with Crippen LogP contribution in [0.25, 0.3) is 10.4 Å². The number of hydrogen-bond acceptors (Lipinski definition) is 4. The molecule has 104 valence electrons. The van der Waals surface area contributed by atoms with Crippen LogP contribution in [0.4, 0.5) is 0 Å². The van der Waals surface area contributed by atoms with Gasteiger partial charge in [-0.05, 0) is 35.9 Å². The van der Waals surface area contributed by atoms with E-state index in [0.29, 0.717) is 12.0 Å². The standard InChI is InChI=1S/C13H19N3O3/c14-16-15-8-7-12(18)13(19)11-5-3-10(4-6-11)2-1-9-17/h3-6,12-13,17-19H,1-2,7-9H2. The SMILES string of the molecule is [N-]=[N+]=NCCC(O)C(O)c1ccc(CCCO)cc1. The number of benzene rings is 1. The lowest BCUT2D eigenvalue weighted by molar-refractivity contribution is 0.0150. The van der Waals surface area contributed by atoms with Gasteiger partial charge in [0.2, 0.25) is 0 Å². The van der Waals surface area contributed by atoms with Crippen LogP contribution in [-0.2, 0) is 6.42 Å². The van der Waals surface area contributed by atoms with Gasteiger partial charge in [0.1, 0.15) is 6.10 Å². The molecule has 0 radical (unpaired) electrons. The molecule has 0 amide bonds. The van der Waals surface area contributed by atoms with Crippen molar-refractivity contribution in [1.82, 2.24) is 0 Å². The topological polar surface area (TPSA) is 109 Å². The first-order valence-corrected chi connectivity index (χ1v) is 6.25. The summed E-state index contributed by atoms with van der Waals surface area (Å²) in [5, 5.41) is 31.7. The lowest BCUT2D eigenvalue weighted by Crippen LogP contribution is -2.19. The minimum absolute atomic E-state index is 0.155. The van der Waals surface area contributed by atoms with E-state index in [9.17, 15) is 10.2 Å². The molecule has 0 fully saturated rings. The van der Waals surface area contributed by atoms with Gasteiger partial charge in [0.25, 0.3) is 0 Å². The molecule has 0 bridgehead atoms. The van der Waals surface area contributed by atoms with E-state index in [1.165, 1.54) is 0 Å². The maximum Gasteiger partial charge on any atom is 0.105 e. The second-order valence-corrected chi connectivity index (χ2v) is 4.32. The van der Waals surface area contributed by atoms with Gasteiger partial charge >= 0.3 is 0 Å². The van der Waals surface area contributed by atoms with E-state index in [2.05, 4.69) is 10.0 Å². The van der Waals surface area contributed by atoms with Crippen molar-refractivity contribution >= 4 is 0 Å². The molecule has 1 rings (SSSR count). The van der Waals surface area contributed by atoms with Gasteiger partial charge in [-0.15, -0.1) is 0 Å². The zero-order valence-corrected chi connectivity index (χ0v) is 10.7. The predicted octanol–water partition coefficient (Wildman–Crippen LogP) is 1.71. The Bertz CT molecular complexity index is 416. The van der Waals surface area contributed by atoms with Crippen molar-refractivity contribution in [2.75, 3.05) is 13.2 Å². The van der Waals surface area contributed by atoms with Crippen molar-refractivity contribution in [1.29, 1.82) is 0 Å². The zero-order chi connectivity index (χ0) is 14.1. The highest BCUT2D eigenvalue weighted by atomic mass is 16.3. The molecular formula is C13H19N3O3. The van der Waals surface area contributed by atoms with E-state index in [1.54, 1.807) is 12.1 Å². The summed E-state index contributed by atoms with van der Waals surface area (Å²) in [6.07, 6.45) is -0.227. The maximum atomic E-state index is 9.93. The molecule has 3 N–H and O–H groups in total. The molecule has 0 saturated carbocycles. The highest BCUT2D eigenvalue weighted by Crippen LogP contribution is 2.20. The summed E-state index contributed by atoms with van der Waals surface area (Å²) in [5.41, 5.74) is 9.84. The van der Waals surface area contributed by atoms with Crippen LogP contribution < -0.4 is 0 Å². The second-order valence-electron chi connectivity index (χ2n) is 4.32. The van der Waals surface area contributed by atoms with Gasteiger partial charge < -0.3 is 15.3 Å². The van der Waals surface area contributed by atoms with Crippen LogP contribution in [0.5, 0.6) is 0 Å². The average molecular weight is 265 g/mol. The van der Waals surface area contributed by atoms with Crippen LogP contribution in [0.2, 0.25) is 0 Å². The average Bonchev–Trinajstić information content (AvgIpc) is 2.45. The van der Waals surface area contributed by atoms with Gasteiger partial charge in [0.05, 0.1) is 6.10 Å². The number of hydrogen-bond donors (Lipinski definition) is 3. The summed E-state index contributed by atoms with van der Waals surface area (Å²) in [5.74, 6) is 0. The predicted molar refractivity (Wildman–Crippen MR) is 71.4 cm³/mol. The molecule has 0 spiro atoms. The Hall–Kier alpha value is -1.59. The summed E-state index contributed by atoms with van der Waals surface area (Å²) in [7, 11) is 0. The van der Waals surface area contributed by atoms with E-state index < -0.39 is 12.2 Å². The lowest BCUT2D eigenvalue weighted by atomic mass is 10.00. The summed E-state index contributed by atoms with van der Waals surface area (Å²) < 4.78 is 0. The van der Waals surface area contributed by atoms with Crippen molar-refractivity contribution < 1.29 is 15.3 Å². The third kappa shape index (κ3) is 5.28. The van der Waals surface area contributed by atoms with Crippen molar-refractivity contribution in [2.24, 2.45) is 5.11 Å². The van der Waals surface area contributed by atoms with Crippen LogP contribution in [0.15, 0.2) is 29.4 Å². The monoisotopic (exact) mass is 265 g/mol. The lowest BCUT2D eigenvalue weighted by Gasteiger charge is -2.17. The molecule has 0 aliphatic rings. The molecular weight excluding hydrogens is 246 g/mol. The normalized spacial score (nSPS) is 13.6. The number of aryl methyl sites for hydroxylation is 1. The molecule has 2 unspecified atom stereocenters. The Labute approximate surface area is 112 Å². The van der Waals surface area contributed by atoms with Gasteiger partial charge in [0, 0.05) is 18.1 Å². The third-order valence-corrected chi connectivity index (χ3v) is 2.90. The van der Waals surface area contributed by atoms with Gasteiger partial charge in [0.15, 0.2) is 0 Å². The van der Waals surface area contributed by atoms with Gasteiger partial charge in [-0.3, -0.25) is 0 Å². The molecule has 0 saturated heterocycles. The molecule has 0 aliphatic carbocycles. The molecule has 2 atom stereocenters. The van der Waals surface area contributed by atoms with Crippen LogP contribution in [0.3, 0.4) is 0 Å². The maximum absolute atomic E-state index is 9.93. The Balaban J connectivity index is 2.56. The number of rotatable bonds is 8. The number of aliphatic hydroxyl groups excluding tert-OH is 3. The first kappa shape index (κ1) is 15.5. The number of aliphatic hydroxyl groups is 3. The molecule has 0 heterocycles. The van der Waals surface area contributed by atoms with E-state index >= 15 is 0 Å². The van der Waals surface area contributed by atoms with E-state index in [0.717, 1.165) is 12.0 Å². The molecule has 1 aromatic carbocycles. The van der Waals surface area contributed by atoms with Gasteiger partial charge in [-0.2, -0.15) is 0 Å². The fraction of sp³-hybridized carbons (Fsp3) is 0.538. The largest absolute Gasteiger partial charge is 0.396 e. The highest BCUT2D eigenvalue weighted by Gasteiger charge is 2.17. The third-order valence-electron chi connectivity index (χ3n) is 2.90. The molecule has 0 aliphatic heterocycles. The smallest absolute Gasteiger partial charge is 0.105 e. The first-order valence-electron chi connectivity index (χ1n) is 6.25. The Morgan fingerprint density at radius 1 is 1.21 bits per heavy atom. The highest BCUT2D eigenvalue weighted by molar-refractivity contribution is 5.24. The fourth-order valence-electron chi connectivity index (χ4n) is 1.78. The summed E-state index contributed by atoms with van der Waals surface area (Å²) in [6, 6.07) is 7.25. The van der Waals surface area contributed by atoms with Gasteiger partial charge in [-0.25, -0.2) is 0 Å². The summed E-state index contributed by atoms with van der Waals surface area (Å²) in [6.45, 7) is 0.311. The van der Waals surface area contributed by atoms with Gasteiger partial charge in [-0.1, -0.05) is 29.4 Å². The Morgan fingerprint density at radius 3 is 2.47 bits per heavy atom. The summed E-state index contributed by atoms with van der Waals surface area (Å²) >= 11 is 0. The molecule has 6 nitrogen and oxygen atoms in total. The Morgan fingerprint density at radius 2 is 1.89 bits per heavy atom. The van der Waals surface area contributed by atoms with Crippen LogP contribution in [0.1, 0.15) is 30.1 Å². The number of nitrogens with zero attached hydrogens (tertiary/aromatic N) is 3. The summed E-state index contributed by atoms with van der Waals surface area (Å²) in [4.78, 5) is 2.59. The quantitative estimate of drug-likeness (QED) is 0.378. The van der Waals surface area contributed by atoms with E-state index in [1.807, 2.05) is 12.1 Å². The second kappa shape index (κ2) is 8.50. The number of azide groups is 1. The van der Waals surface area contributed by atoms with Crippen molar-refractivity contribution in [3.8, 4) is 0 Å². The molecule has 6 heteroatoms. The molecule has 0 aromatic heterocycles.